The summed E-state index contributed by atoms with van der Waals surface area (Å²) in [6.07, 6.45) is 8.11. The molecule has 4 heterocycles. The maximum Gasteiger partial charge on any atom is 0.138 e. The number of benzene rings is 1. The number of piperidine rings is 1. The first-order chi connectivity index (χ1) is 12.8. The number of hydrogen-bond donors (Lipinski definition) is 0. The van der Waals surface area contributed by atoms with Gasteiger partial charge in [-0.15, -0.1) is 5.10 Å². The van der Waals surface area contributed by atoms with Gasteiger partial charge in [-0.3, -0.25) is 9.80 Å². The van der Waals surface area contributed by atoms with Crippen LogP contribution in [0.5, 0.6) is 0 Å². The Labute approximate surface area is 155 Å². The van der Waals surface area contributed by atoms with Crippen LogP contribution < -0.4 is 0 Å². The molecule has 138 valence electrons. The lowest BCUT2D eigenvalue weighted by Crippen LogP contribution is -2.45. The molecule has 0 unspecified atom stereocenters. The fourth-order valence-corrected chi connectivity index (χ4v) is 5.30. The summed E-state index contributed by atoms with van der Waals surface area (Å²) >= 11 is 0. The van der Waals surface area contributed by atoms with Crippen molar-refractivity contribution in [3.8, 4) is 0 Å². The molecule has 0 N–H and O–H groups in total. The summed E-state index contributed by atoms with van der Waals surface area (Å²) in [7, 11) is 0. The van der Waals surface area contributed by atoms with Gasteiger partial charge in [-0.25, -0.2) is 4.68 Å². The number of aromatic nitrogens is 4. The minimum absolute atomic E-state index is 0.719. The van der Waals surface area contributed by atoms with E-state index in [9.17, 15) is 0 Å². The van der Waals surface area contributed by atoms with Crippen LogP contribution >= 0.6 is 0 Å². The Morgan fingerprint density at radius 2 is 1.77 bits per heavy atom. The Balaban J connectivity index is 1.20. The van der Waals surface area contributed by atoms with Crippen molar-refractivity contribution in [2.24, 2.45) is 5.92 Å². The first kappa shape index (κ1) is 16.4. The summed E-state index contributed by atoms with van der Waals surface area (Å²) in [4.78, 5) is 5.57. The van der Waals surface area contributed by atoms with E-state index in [1.54, 1.807) is 17.5 Å². The van der Waals surface area contributed by atoms with E-state index in [0.717, 1.165) is 31.0 Å². The molecule has 1 aliphatic carbocycles. The van der Waals surface area contributed by atoms with E-state index >= 15 is 0 Å². The normalized spacial score (nSPS) is 26.9. The molecule has 3 saturated heterocycles. The van der Waals surface area contributed by atoms with Gasteiger partial charge in [0.05, 0.1) is 0 Å². The van der Waals surface area contributed by atoms with E-state index in [1.807, 2.05) is 4.68 Å². The van der Waals surface area contributed by atoms with Crippen molar-refractivity contribution in [2.75, 3.05) is 26.2 Å². The highest BCUT2D eigenvalue weighted by atomic mass is 15.5. The highest BCUT2D eigenvalue weighted by Crippen LogP contribution is 2.33. The second kappa shape index (κ2) is 7.08. The van der Waals surface area contributed by atoms with Gasteiger partial charge in [-0.1, -0.05) is 24.3 Å². The van der Waals surface area contributed by atoms with Crippen LogP contribution in [-0.2, 0) is 19.4 Å². The van der Waals surface area contributed by atoms with Crippen molar-refractivity contribution in [1.29, 1.82) is 0 Å². The van der Waals surface area contributed by atoms with E-state index < -0.39 is 0 Å². The van der Waals surface area contributed by atoms with Crippen molar-refractivity contribution in [1.82, 2.24) is 30.0 Å². The van der Waals surface area contributed by atoms with Crippen LogP contribution in [0.4, 0.5) is 0 Å². The number of hydrogen-bond acceptors (Lipinski definition) is 5. The Bertz CT molecular complexity index is 705. The lowest BCUT2D eigenvalue weighted by atomic mass is 9.95. The molecule has 0 radical (unpaired) electrons. The van der Waals surface area contributed by atoms with Crippen molar-refractivity contribution in [3.63, 3.8) is 0 Å². The fraction of sp³-hybridized carbons (Fsp3) is 0.650. The van der Waals surface area contributed by atoms with Crippen LogP contribution in [0.15, 0.2) is 30.6 Å². The molecule has 2 bridgehead atoms. The quantitative estimate of drug-likeness (QED) is 0.819. The summed E-state index contributed by atoms with van der Waals surface area (Å²) in [6, 6.07) is 10.5. The molecule has 1 aromatic heterocycles. The number of aryl methyl sites for hydroxylation is 1. The summed E-state index contributed by atoms with van der Waals surface area (Å²) < 4.78 is 1.85. The molecule has 0 amide bonds. The molecule has 26 heavy (non-hydrogen) atoms. The molecule has 2 atom stereocenters. The summed E-state index contributed by atoms with van der Waals surface area (Å²) in [5.41, 5.74) is 3.15. The van der Waals surface area contributed by atoms with Crippen LogP contribution in [0.3, 0.4) is 0 Å². The van der Waals surface area contributed by atoms with Crippen LogP contribution in [0.2, 0.25) is 0 Å². The van der Waals surface area contributed by atoms with Gasteiger partial charge in [0.1, 0.15) is 6.33 Å². The zero-order valence-corrected chi connectivity index (χ0v) is 15.4. The van der Waals surface area contributed by atoms with Gasteiger partial charge in [0.2, 0.25) is 0 Å². The van der Waals surface area contributed by atoms with E-state index in [4.69, 9.17) is 0 Å². The third-order valence-corrected chi connectivity index (χ3v) is 6.63. The Morgan fingerprint density at radius 1 is 0.923 bits per heavy atom. The summed E-state index contributed by atoms with van der Waals surface area (Å²) in [5.74, 6) is 0.838. The van der Waals surface area contributed by atoms with Gasteiger partial charge in [0.15, 0.2) is 0 Å². The molecular weight excluding hydrogens is 324 g/mol. The van der Waals surface area contributed by atoms with Crippen LogP contribution in [0.1, 0.15) is 30.4 Å². The van der Waals surface area contributed by atoms with Crippen molar-refractivity contribution in [2.45, 2.75) is 50.7 Å². The van der Waals surface area contributed by atoms with Gasteiger partial charge >= 0.3 is 0 Å². The minimum atomic E-state index is 0.719. The number of nitrogens with zero attached hydrogens (tertiary/aromatic N) is 6. The average Bonchev–Trinajstić information content (AvgIpc) is 3.24. The van der Waals surface area contributed by atoms with Crippen molar-refractivity contribution >= 4 is 0 Å². The molecule has 3 aliphatic heterocycles. The maximum atomic E-state index is 3.98. The molecule has 3 fully saturated rings. The molecule has 1 aromatic carbocycles. The van der Waals surface area contributed by atoms with Crippen LogP contribution in [0, 0.1) is 5.92 Å². The molecule has 4 aliphatic rings. The van der Waals surface area contributed by atoms with Gasteiger partial charge < -0.3 is 0 Å². The topological polar surface area (TPSA) is 50.1 Å². The zero-order valence-electron chi connectivity index (χ0n) is 15.4. The largest absolute Gasteiger partial charge is 0.299 e. The van der Waals surface area contributed by atoms with Gasteiger partial charge in [-0.2, -0.15) is 0 Å². The molecule has 6 rings (SSSR count). The van der Waals surface area contributed by atoms with E-state index in [-0.39, 0.29) is 0 Å². The lowest BCUT2D eigenvalue weighted by molar-refractivity contribution is 0.124. The van der Waals surface area contributed by atoms with E-state index in [2.05, 4.69) is 49.6 Å². The summed E-state index contributed by atoms with van der Waals surface area (Å²) in [6.45, 7) is 5.90. The smallest absolute Gasteiger partial charge is 0.138 e. The fourth-order valence-electron chi connectivity index (χ4n) is 5.30. The average molecular weight is 352 g/mol. The number of rotatable bonds is 5. The SMILES string of the molecule is c1ccc2c(c1)CC(N1C[C@H]3CC[C@@H](C1)N(CCCn1cnnn1)C3)C2. The molecule has 6 nitrogen and oxygen atoms in total. The zero-order chi connectivity index (χ0) is 17.3. The predicted molar refractivity (Wildman–Crippen MR) is 99.7 cm³/mol. The second-order valence-corrected chi connectivity index (χ2v) is 8.30. The third kappa shape index (κ3) is 3.28. The number of tetrazole rings is 1. The second-order valence-electron chi connectivity index (χ2n) is 8.30. The minimum Gasteiger partial charge on any atom is -0.299 e. The maximum absolute atomic E-state index is 3.98. The van der Waals surface area contributed by atoms with Gasteiger partial charge in [0, 0.05) is 44.8 Å². The highest BCUT2D eigenvalue weighted by Gasteiger charge is 2.38. The van der Waals surface area contributed by atoms with Crippen molar-refractivity contribution < 1.29 is 0 Å². The van der Waals surface area contributed by atoms with Crippen LogP contribution in [-0.4, -0.2) is 68.3 Å². The van der Waals surface area contributed by atoms with Gasteiger partial charge in [0.25, 0.3) is 0 Å². The molecule has 2 aromatic rings. The first-order valence-corrected chi connectivity index (χ1v) is 10.1. The molecule has 0 saturated carbocycles. The first-order valence-electron chi connectivity index (χ1n) is 10.1. The van der Waals surface area contributed by atoms with E-state index in [0.29, 0.717) is 0 Å². The Morgan fingerprint density at radius 3 is 2.54 bits per heavy atom. The van der Waals surface area contributed by atoms with E-state index in [1.165, 1.54) is 51.9 Å². The summed E-state index contributed by atoms with van der Waals surface area (Å²) in [5, 5.41) is 11.4. The highest BCUT2D eigenvalue weighted by molar-refractivity contribution is 5.33. The predicted octanol–water partition coefficient (Wildman–Crippen LogP) is 1.63. The van der Waals surface area contributed by atoms with Crippen molar-refractivity contribution in [3.05, 3.63) is 41.7 Å². The third-order valence-electron chi connectivity index (χ3n) is 6.63. The molecule has 6 heteroatoms. The standard InChI is InChI=1S/C20H28N6/c1-2-5-18-11-20(10-17(18)4-1)25-13-16-6-7-19(14-25)24(12-16)8-3-9-26-15-21-22-23-26/h1-2,4-5,15-16,19-20H,3,6-14H2/t16-,19-/m0/s1. The Kier molecular flexibility index (Phi) is 4.46. The number of fused-ring (bicyclic) bond motifs is 5. The Hall–Kier alpha value is -1.79. The molecule has 0 spiro atoms. The van der Waals surface area contributed by atoms with Gasteiger partial charge in [-0.05, 0) is 59.6 Å². The monoisotopic (exact) mass is 352 g/mol. The van der Waals surface area contributed by atoms with Crippen LogP contribution in [0.25, 0.3) is 0 Å². The molecular formula is C20H28N6. The lowest BCUT2D eigenvalue weighted by Gasteiger charge is -2.36.